The van der Waals surface area contributed by atoms with Crippen LogP contribution in [0.5, 0.6) is 0 Å². The summed E-state index contributed by atoms with van der Waals surface area (Å²) >= 11 is 0. The number of carbonyl (C=O) groups excluding carboxylic acids is 2. The normalized spacial score (nSPS) is 16.4. The van der Waals surface area contributed by atoms with Crippen LogP contribution in [-0.4, -0.2) is 52.4 Å². The summed E-state index contributed by atoms with van der Waals surface area (Å²) in [7, 11) is 1.92. The fourth-order valence-corrected chi connectivity index (χ4v) is 3.31. The second-order valence-corrected chi connectivity index (χ2v) is 6.97. The minimum Gasteiger partial charge on any atom is -0.347 e. The van der Waals surface area contributed by atoms with Crippen molar-refractivity contribution in [3.63, 3.8) is 0 Å². The summed E-state index contributed by atoms with van der Waals surface area (Å²) < 4.78 is 1.93. The Labute approximate surface area is 171 Å². The number of halogens is 1. The highest BCUT2D eigenvalue weighted by Gasteiger charge is 2.30. The number of aryl methyl sites for hydroxylation is 3. The van der Waals surface area contributed by atoms with Gasteiger partial charge >= 0.3 is 0 Å². The smallest absolute Gasteiger partial charge is 0.242 e. The molecule has 0 bridgehead atoms. The molecular formula is C20H28ClN5O2. The van der Waals surface area contributed by atoms with E-state index in [4.69, 9.17) is 0 Å². The Kier molecular flexibility index (Phi) is 8.02. The van der Waals surface area contributed by atoms with Gasteiger partial charge in [0, 0.05) is 45.5 Å². The molecule has 2 aromatic rings. The predicted octanol–water partition coefficient (Wildman–Crippen LogP) is 1.37. The van der Waals surface area contributed by atoms with Gasteiger partial charge in [-0.15, -0.1) is 12.4 Å². The fraction of sp³-hybridized carbons (Fsp3) is 0.450. The molecule has 1 aliphatic heterocycles. The number of benzene rings is 1. The molecule has 28 heavy (non-hydrogen) atoms. The first-order valence-corrected chi connectivity index (χ1v) is 9.34. The van der Waals surface area contributed by atoms with Gasteiger partial charge in [0.05, 0.1) is 6.54 Å². The quantitative estimate of drug-likeness (QED) is 0.760. The van der Waals surface area contributed by atoms with Crippen LogP contribution in [0.3, 0.4) is 0 Å². The monoisotopic (exact) mass is 405 g/mol. The third-order valence-electron chi connectivity index (χ3n) is 4.92. The number of nitrogens with one attached hydrogen (secondary N) is 2. The van der Waals surface area contributed by atoms with E-state index in [0.29, 0.717) is 25.9 Å². The van der Waals surface area contributed by atoms with E-state index in [1.54, 1.807) is 11.1 Å². The van der Waals surface area contributed by atoms with Gasteiger partial charge in [0.2, 0.25) is 11.8 Å². The topological polar surface area (TPSA) is 79.3 Å². The summed E-state index contributed by atoms with van der Waals surface area (Å²) in [5.41, 5.74) is 2.33. The minimum atomic E-state index is -0.115. The third-order valence-corrected chi connectivity index (χ3v) is 4.92. The molecule has 0 saturated carbocycles. The van der Waals surface area contributed by atoms with E-state index in [2.05, 4.69) is 15.6 Å². The zero-order valence-electron chi connectivity index (χ0n) is 16.4. The third kappa shape index (κ3) is 5.56. The second kappa shape index (κ2) is 10.2. The van der Waals surface area contributed by atoms with Gasteiger partial charge in [-0.25, -0.2) is 4.98 Å². The van der Waals surface area contributed by atoms with Crippen molar-refractivity contribution in [1.82, 2.24) is 25.1 Å². The van der Waals surface area contributed by atoms with Crippen molar-refractivity contribution in [1.29, 1.82) is 0 Å². The van der Waals surface area contributed by atoms with Gasteiger partial charge in [0.1, 0.15) is 11.9 Å². The Morgan fingerprint density at radius 2 is 2.04 bits per heavy atom. The molecule has 0 spiro atoms. The highest BCUT2D eigenvalue weighted by atomic mass is 35.5. The molecule has 1 saturated heterocycles. The van der Waals surface area contributed by atoms with Crippen molar-refractivity contribution in [2.24, 2.45) is 7.05 Å². The van der Waals surface area contributed by atoms with E-state index in [0.717, 1.165) is 17.9 Å². The van der Waals surface area contributed by atoms with Crippen molar-refractivity contribution in [3.05, 3.63) is 53.6 Å². The van der Waals surface area contributed by atoms with E-state index >= 15 is 0 Å². The number of hydrogen-bond acceptors (Lipinski definition) is 4. The first-order valence-electron chi connectivity index (χ1n) is 9.34. The van der Waals surface area contributed by atoms with Crippen molar-refractivity contribution >= 4 is 24.2 Å². The molecule has 0 aliphatic carbocycles. The van der Waals surface area contributed by atoms with Crippen LogP contribution in [0.2, 0.25) is 0 Å². The molecule has 2 heterocycles. The number of piperazine rings is 1. The Balaban J connectivity index is 0.00000280. The number of amides is 2. The number of nitrogens with zero attached hydrogens (tertiary/aromatic N) is 3. The molecule has 152 valence electrons. The van der Waals surface area contributed by atoms with Crippen molar-refractivity contribution < 1.29 is 9.59 Å². The lowest BCUT2D eigenvalue weighted by Crippen LogP contribution is -2.52. The molecule has 1 atom stereocenters. The van der Waals surface area contributed by atoms with Gasteiger partial charge in [0.15, 0.2) is 0 Å². The van der Waals surface area contributed by atoms with Gasteiger partial charge in [-0.3, -0.25) is 9.59 Å². The molecule has 8 heteroatoms. The van der Waals surface area contributed by atoms with Crippen LogP contribution in [0.1, 0.15) is 29.4 Å². The molecule has 1 aliphatic rings. The van der Waals surface area contributed by atoms with Crippen LogP contribution in [0.4, 0.5) is 0 Å². The average molecular weight is 406 g/mol. The highest BCUT2D eigenvalue weighted by molar-refractivity contribution is 5.85. The van der Waals surface area contributed by atoms with Gasteiger partial charge < -0.3 is 20.1 Å². The SMILES string of the molecule is Cc1ccc(CCC(=O)NCC(=O)N2CCNCC2c2nccn2C)cc1.Cl. The zero-order chi connectivity index (χ0) is 19.2. The lowest BCUT2D eigenvalue weighted by molar-refractivity contribution is -0.135. The minimum absolute atomic E-state index is 0. The zero-order valence-corrected chi connectivity index (χ0v) is 17.2. The van der Waals surface area contributed by atoms with Crippen molar-refractivity contribution in [3.8, 4) is 0 Å². The highest BCUT2D eigenvalue weighted by Crippen LogP contribution is 2.20. The molecule has 1 aromatic carbocycles. The van der Waals surface area contributed by atoms with Crippen LogP contribution in [0, 0.1) is 6.92 Å². The first kappa shape index (κ1) is 21.9. The maximum Gasteiger partial charge on any atom is 0.242 e. The Bertz CT molecular complexity index is 790. The van der Waals surface area contributed by atoms with E-state index < -0.39 is 0 Å². The van der Waals surface area contributed by atoms with Crippen LogP contribution in [0.25, 0.3) is 0 Å². The lowest BCUT2D eigenvalue weighted by Gasteiger charge is -2.35. The molecule has 3 rings (SSSR count). The van der Waals surface area contributed by atoms with Crippen molar-refractivity contribution in [2.45, 2.75) is 25.8 Å². The maximum absolute atomic E-state index is 12.7. The summed E-state index contributed by atoms with van der Waals surface area (Å²) in [6.07, 6.45) is 4.66. The van der Waals surface area contributed by atoms with Gasteiger partial charge in [-0.05, 0) is 18.9 Å². The lowest BCUT2D eigenvalue weighted by atomic mass is 10.1. The molecule has 1 unspecified atom stereocenters. The summed E-state index contributed by atoms with van der Waals surface area (Å²) in [6, 6.07) is 8.03. The van der Waals surface area contributed by atoms with Gasteiger partial charge in [-0.2, -0.15) is 0 Å². The van der Waals surface area contributed by atoms with E-state index in [9.17, 15) is 9.59 Å². The van der Waals surface area contributed by atoms with Crippen LogP contribution in [-0.2, 0) is 23.1 Å². The molecule has 1 fully saturated rings. The van der Waals surface area contributed by atoms with Gasteiger partial charge in [-0.1, -0.05) is 29.8 Å². The molecule has 0 radical (unpaired) electrons. The number of imidazole rings is 1. The number of rotatable bonds is 6. The number of aromatic nitrogens is 2. The number of hydrogen-bond donors (Lipinski definition) is 2. The molecule has 2 amide bonds. The largest absolute Gasteiger partial charge is 0.347 e. The summed E-state index contributed by atoms with van der Waals surface area (Å²) in [6.45, 7) is 4.08. The van der Waals surface area contributed by atoms with E-state index in [-0.39, 0.29) is 36.8 Å². The summed E-state index contributed by atoms with van der Waals surface area (Å²) in [5, 5.41) is 6.07. The average Bonchev–Trinajstić information content (AvgIpc) is 3.11. The Morgan fingerprint density at radius 3 is 2.71 bits per heavy atom. The first-order chi connectivity index (χ1) is 13.0. The Hall–Kier alpha value is -2.38. The molecule has 7 nitrogen and oxygen atoms in total. The fourth-order valence-electron chi connectivity index (χ4n) is 3.31. The Morgan fingerprint density at radius 1 is 1.29 bits per heavy atom. The standard InChI is InChI=1S/C20H27N5O2.ClH/c1-15-3-5-16(6-4-15)7-8-18(26)23-14-19(27)25-12-9-21-13-17(25)20-22-10-11-24(20)2;/h3-6,10-11,17,21H,7-9,12-14H2,1-2H3,(H,23,26);1H. The van der Waals surface area contributed by atoms with Crippen LogP contribution >= 0.6 is 12.4 Å². The van der Waals surface area contributed by atoms with E-state index in [1.165, 1.54) is 5.56 Å². The van der Waals surface area contributed by atoms with E-state index in [1.807, 2.05) is 49.0 Å². The summed E-state index contributed by atoms with van der Waals surface area (Å²) in [5.74, 6) is 0.669. The van der Waals surface area contributed by atoms with Crippen LogP contribution < -0.4 is 10.6 Å². The second-order valence-electron chi connectivity index (χ2n) is 6.97. The van der Waals surface area contributed by atoms with Crippen molar-refractivity contribution in [2.75, 3.05) is 26.2 Å². The number of carbonyl (C=O) groups is 2. The van der Waals surface area contributed by atoms with Crippen LogP contribution in [0.15, 0.2) is 36.7 Å². The van der Waals surface area contributed by atoms with Gasteiger partial charge in [0.25, 0.3) is 0 Å². The maximum atomic E-state index is 12.7. The molecule has 2 N–H and O–H groups in total. The molecule has 1 aromatic heterocycles. The predicted molar refractivity (Wildman–Crippen MR) is 110 cm³/mol. The summed E-state index contributed by atoms with van der Waals surface area (Å²) in [4.78, 5) is 31.0. The molecular weight excluding hydrogens is 378 g/mol.